The third-order valence-corrected chi connectivity index (χ3v) is 6.20. The number of methoxy groups -OCH3 is 3. The Labute approximate surface area is 185 Å². The molecular formula is C23H37N5O3. The van der Waals surface area contributed by atoms with Crippen LogP contribution >= 0.6 is 0 Å². The van der Waals surface area contributed by atoms with Crippen LogP contribution in [0, 0.1) is 5.92 Å². The monoisotopic (exact) mass is 431 g/mol. The highest BCUT2D eigenvalue weighted by atomic mass is 16.5. The minimum Gasteiger partial charge on any atom is -0.493 e. The maximum atomic E-state index is 5.58. The minimum atomic E-state index is -0.254. The Morgan fingerprint density at radius 1 is 1.06 bits per heavy atom. The molecule has 1 aromatic rings. The lowest BCUT2D eigenvalue weighted by molar-refractivity contribution is 0.309. The summed E-state index contributed by atoms with van der Waals surface area (Å²) >= 11 is 0. The first-order valence-corrected chi connectivity index (χ1v) is 11.0. The average Bonchev–Trinajstić information content (AvgIpc) is 2.79. The molecule has 1 unspecified atom stereocenters. The van der Waals surface area contributed by atoms with Crippen molar-refractivity contribution in [1.29, 1.82) is 0 Å². The van der Waals surface area contributed by atoms with Crippen molar-refractivity contribution < 1.29 is 14.2 Å². The van der Waals surface area contributed by atoms with Gasteiger partial charge in [0.2, 0.25) is 5.75 Å². The summed E-state index contributed by atoms with van der Waals surface area (Å²) in [6.07, 6.45) is 8.58. The van der Waals surface area contributed by atoms with Gasteiger partial charge in [-0.25, -0.2) is 4.99 Å². The van der Waals surface area contributed by atoms with E-state index >= 15 is 0 Å². The van der Waals surface area contributed by atoms with E-state index in [2.05, 4.69) is 34.3 Å². The number of hydrogen-bond donors (Lipinski definition) is 4. The quantitative estimate of drug-likeness (QED) is 0.477. The van der Waals surface area contributed by atoms with Crippen molar-refractivity contribution in [3.05, 3.63) is 30.0 Å². The lowest BCUT2D eigenvalue weighted by Crippen LogP contribution is -2.59. The van der Waals surface area contributed by atoms with Crippen LogP contribution < -0.4 is 35.5 Å². The second kappa shape index (κ2) is 10.7. The van der Waals surface area contributed by atoms with E-state index in [0.29, 0.717) is 23.5 Å². The third-order valence-electron chi connectivity index (χ3n) is 6.20. The van der Waals surface area contributed by atoms with E-state index in [-0.39, 0.29) is 5.66 Å². The maximum Gasteiger partial charge on any atom is 0.203 e. The number of aliphatic imine (C=N–C) groups is 1. The molecule has 31 heavy (non-hydrogen) atoms. The van der Waals surface area contributed by atoms with Gasteiger partial charge in [-0.1, -0.05) is 6.07 Å². The highest BCUT2D eigenvalue weighted by Gasteiger charge is 2.25. The van der Waals surface area contributed by atoms with Gasteiger partial charge in [0.05, 0.1) is 27.4 Å². The van der Waals surface area contributed by atoms with Crippen molar-refractivity contribution in [1.82, 2.24) is 21.3 Å². The molecule has 8 nitrogen and oxygen atoms in total. The number of guanidine groups is 1. The Bertz CT molecular complexity index is 790. The van der Waals surface area contributed by atoms with Crippen molar-refractivity contribution in [3.8, 4) is 17.2 Å². The highest BCUT2D eigenvalue weighted by Crippen LogP contribution is 2.39. The molecule has 172 valence electrons. The fraction of sp³-hybridized carbons (Fsp3) is 0.609. The molecule has 1 aromatic carbocycles. The highest BCUT2D eigenvalue weighted by molar-refractivity contribution is 5.83. The molecule has 0 bridgehead atoms. The summed E-state index contributed by atoms with van der Waals surface area (Å²) < 4.78 is 16.4. The average molecular weight is 432 g/mol. The van der Waals surface area contributed by atoms with Gasteiger partial charge in [0, 0.05) is 18.3 Å². The molecule has 0 aromatic heterocycles. The molecular weight excluding hydrogens is 394 g/mol. The minimum absolute atomic E-state index is 0.254. The van der Waals surface area contributed by atoms with Gasteiger partial charge in [0.1, 0.15) is 5.66 Å². The molecule has 8 heteroatoms. The van der Waals surface area contributed by atoms with Crippen molar-refractivity contribution in [2.24, 2.45) is 10.9 Å². The number of nitrogens with one attached hydrogen (secondary N) is 4. The van der Waals surface area contributed by atoms with E-state index in [1.807, 2.05) is 25.4 Å². The molecule has 0 spiro atoms. The molecule has 4 N–H and O–H groups in total. The Morgan fingerprint density at radius 3 is 2.45 bits per heavy atom. The molecule has 1 aliphatic heterocycles. The molecule has 0 amide bonds. The Hall–Kier alpha value is -2.45. The number of nitrogens with zero attached hydrogens (tertiary/aromatic N) is 1. The van der Waals surface area contributed by atoms with Gasteiger partial charge in [-0.3, -0.25) is 5.32 Å². The van der Waals surface area contributed by atoms with Crippen LogP contribution in [0.25, 0.3) is 0 Å². The van der Waals surface area contributed by atoms with Gasteiger partial charge >= 0.3 is 0 Å². The van der Waals surface area contributed by atoms with Crippen LogP contribution in [-0.2, 0) is 6.54 Å². The molecule has 2 aliphatic rings. The first-order valence-electron chi connectivity index (χ1n) is 11.0. The summed E-state index contributed by atoms with van der Waals surface area (Å²) in [5.41, 5.74) is 0.812. The summed E-state index contributed by atoms with van der Waals surface area (Å²) in [5, 5.41) is 13.5. The summed E-state index contributed by atoms with van der Waals surface area (Å²) in [6.45, 7) is 3.81. The van der Waals surface area contributed by atoms with E-state index in [1.54, 1.807) is 21.3 Å². The second-order valence-electron chi connectivity index (χ2n) is 8.33. The van der Waals surface area contributed by atoms with Gasteiger partial charge in [-0.15, -0.1) is 0 Å². The predicted molar refractivity (Wildman–Crippen MR) is 124 cm³/mol. The first-order chi connectivity index (χ1) is 15.0. The largest absolute Gasteiger partial charge is 0.493 e. The summed E-state index contributed by atoms with van der Waals surface area (Å²) in [6, 6.07) is 4.31. The van der Waals surface area contributed by atoms with Crippen molar-refractivity contribution >= 4 is 5.96 Å². The lowest BCUT2D eigenvalue weighted by Gasteiger charge is -2.33. The SMILES string of the molecule is CNC1(C)C=CNC(=NC2CCC(CNCc3ccc(OC)c(OC)c3OC)CC2)N1. The van der Waals surface area contributed by atoms with Crippen LogP contribution in [0.4, 0.5) is 0 Å². The van der Waals surface area contributed by atoms with E-state index in [9.17, 15) is 0 Å². The van der Waals surface area contributed by atoms with Crippen LogP contribution in [0.3, 0.4) is 0 Å². The molecule has 0 radical (unpaired) electrons. The van der Waals surface area contributed by atoms with Crippen LogP contribution in [0.5, 0.6) is 17.2 Å². The number of rotatable bonds is 9. The molecule has 0 saturated heterocycles. The standard InChI is InChI=1S/C23H37N5O3/c1-23(24-2)12-13-26-22(28-23)27-18-9-6-16(7-10-18)14-25-15-17-8-11-19(29-3)21(31-5)20(17)30-4/h8,11-13,16,18,24-25H,6-7,9-10,14-15H2,1-5H3,(H2,26,27,28). The van der Waals surface area contributed by atoms with Gasteiger partial charge in [-0.2, -0.15) is 0 Å². The maximum absolute atomic E-state index is 5.58. The van der Waals surface area contributed by atoms with Gasteiger partial charge in [0.15, 0.2) is 17.5 Å². The van der Waals surface area contributed by atoms with Crippen LogP contribution in [-0.4, -0.2) is 52.6 Å². The fourth-order valence-corrected chi connectivity index (χ4v) is 4.20. The Morgan fingerprint density at radius 2 is 1.81 bits per heavy atom. The van der Waals surface area contributed by atoms with E-state index in [0.717, 1.165) is 43.2 Å². The van der Waals surface area contributed by atoms with Crippen molar-refractivity contribution in [3.63, 3.8) is 0 Å². The van der Waals surface area contributed by atoms with Crippen molar-refractivity contribution in [2.75, 3.05) is 34.9 Å². The summed E-state index contributed by atoms with van der Waals surface area (Å²) in [5.74, 6) is 3.55. The zero-order valence-corrected chi connectivity index (χ0v) is 19.4. The van der Waals surface area contributed by atoms with E-state index in [1.165, 1.54) is 12.8 Å². The molecule has 1 atom stereocenters. The molecule has 3 rings (SSSR count). The van der Waals surface area contributed by atoms with Crippen LogP contribution in [0.2, 0.25) is 0 Å². The van der Waals surface area contributed by atoms with Gasteiger partial charge in [0.25, 0.3) is 0 Å². The normalized spacial score (nSPS) is 26.8. The Kier molecular flexibility index (Phi) is 8.03. The first kappa shape index (κ1) is 23.2. The topological polar surface area (TPSA) is 88.2 Å². The van der Waals surface area contributed by atoms with Gasteiger partial charge in [-0.05, 0) is 64.3 Å². The molecule has 1 heterocycles. The lowest BCUT2D eigenvalue weighted by atomic mass is 9.86. The summed E-state index contributed by atoms with van der Waals surface area (Å²) in [4.78, 5) is 4.90. The third kappa shape index (κ3) is 5.83. The second-order valence-corrected chi connectivity index (χ2v) is 8.33. The number of benzene rings is 1. The number of hydrogen-bond acceptors (Lipinski definition) is 6. The predicted octanol–water partition coefficient (Wildman–Crippen LogP) is 2.36. The molecule has 1 fully saturated rings. The van der Waals surface area contributed by atoms with E-state index < -0.39 is 0 Å². The van der Waals surface area contributed by atoms with Crippen LogP contribution in [0.1, 0.15) is 38.2 Å². The fourth-order valence-electron chi connectivity index (χ4n) is 4.20. The van der Waals surface area contributed by atoms with Gasteiger partial charge < -0.3 is 30.2 Å². The zero-order chi connectivity index (χ0) is 22.3. The molecule has 1 saturated carbocycles. The van der Waals surface area contributed by atoms with Crippen LogP contribution in [0.15, 0.2) is 29.4 Å². The Balaban J connectivity index is 1.47. The molecule has 1 aliphatic carbocycles. The number of likely N-dealkylation sites (N-methyl/N-ethyl adjacent to an activating group) is 1. The smallest absolute Gasteiger partial charge is 0.203 e. The zero-order valence-electron chi connectivity index (χ0n) is 19.4. The van der Waals surface area contributed by atoms with E-state index in [4.69, 9.17) is 19.2 Å². The summed E-state index contributed by atoms with van der Waals surface area (Å²) in [7, 11) is 6.87. The van der Waals surface area contributed by atoms with Crippen molar-refractivity contribution in [2.45, 2.75) is 50.9 Å². The number of ether oxygens (including phenoxy) is 3.